The van der Waals surface area contributed by atoms with E-state index in [1.54, 1.807) is 0 Å². The van der Waals surface area contributed by atoms with Crippen molar-refractivity contribution in [2.45, 2.75) is 6.29 Å². The van der Waals surface area contributed by atoms with E-state index >= 15 is 0 Å². The van der Waals surface area contributed by atoms with Crippen LogP contribution in [0.2, 0.25) is 10.0 Å². The fourth-order valence-corrected chi connectivity index (χ4v) is 1.66. The molecule has 1 unspecified atom stereocenters. The Balaban J connectivity index is 0.00000144. The van der Waals surface area contributed by atoms with Gasteiger partial charge in [0.25, 0.3) is 6.29 Å². The van der Waals surface area contributed by atoms with Crippen LogP contribution in [0.5, 0.6) is 11.5 Å². The molecule has 0 bridgehead atoms. The molecule has 84 valence electrons. The van der Waals surface area contributed by atoms with E-state index in [0.717, 1.165) is 0 Å². The van der Waals surface area contributed by atoms with Gasteiger partial charge in [0.2, 0.25) is 0 Å². The van der Waals surface area contributed by atoms with Gasteiger partial charge in [0.15, 0.2) is 17.8 Å². The molecule has 0 amide bonds. The van der Waals surface area contributed by atoms with Crippen molar-refractivity contribution < 1.29 is 43.0 Å². The molecule has 5 nitrogen and oxygen atoms in total. The Morgan fingerprint density at radius 2 is 2.00 bits per heavy atom. The van der Waals surface area contributed by atoms with Crippen LogP contribution in [0.4, 0.5) is 0 Å². The van der Waals surface area contributed by atoms with Crippen molar-refractivity contribution in [1.82, 2.24) is 0 Å². The van der Waals surface area contributed by atoms with E-state index in [9.17, 15) is 14.7 Å². The van der Waals surface area contributed by atoms with Gasteiger partial charge in [-0.05, 0) is 6.07 Å². The van der Waals surface area contributed by atoms with Gasteiger partial charge in [0.05, 0.1) is 5.02 Å². The molecule has 0 N–H and O–H groups in total. The van der Waals surface area contributed by atoms with Crippen LogP contribution < -0.4 is 33.4 Å². The second-order valence-electron chi connectivity index (χ2n) is 2.93. The molecule has 1 aliphatic rings. The average molecular weight is 269 g/mol. The van der Waals surface area contributed by atoms with Gasteiger partial charge >= 0.3 is 18.9 Å². The Kier molecular flexibility index (Phi) is 4.34. The number of aldehydes is 1. The molecule has 1 aromatic rings. The molecule has 0 spiro atoms. The molecule has 17 heavy (non-hydrogen) atoms. The maximum atomic E-state index is 10.6. The van der Waals surface area contributed by atoms with Crippen molar-refractivity contribution in [3.8, 4) is 11.5 Å². The normalized spacial score (nSPS) is 16.2. The molecule has 0 radical (unpaired) electrons. The Bertz CT molecular complexity index is 491. The van der Waals surface area contributed by atoms with Crippen LogP contribution in [0, 0.1) is 0 Å². The van der Waals surface area contributed by atoms with Crippen LogP contribution in [0.25, 0.3) is 0 Å². The number of ether oxygens (including phenoxy) is 2. The van der Waals surface area contributed by atoms with Gasteiger partial charge in [-0.15, -0.1) is 0 Å². The minimum Gasteiger partial charge on any atom is -0.543 e. The molecular formula is C9H3Cl2LiO5. The zero-order valence-corrected chi connectivity index (χ0v) is 10.0. The van der Waals surface area contributed by atoms with Crippen molar-refractivity contribution in [3.63, 3.8) is 0 Å². The molecule has 0 fully saturated rings. The Labute approximate surface area is 118 Å². The third-order valence-corrected chi connectivity index (χ3v) is 2.80. The number of hydrogen-bond acceptors (Lipinski definition) is 5. The van der Waals surface area contributed by atoms with E-state index in [0.29, 0.717) is 6.29 Å². The summed E-state index contributed by atoms with van der Waals surface area (Å²) in [4.78, 5) is 21.1. The molecule has 1 aromatic carbocycles. The third-order valence-electron chi connectivity index (χ3n) is 1.93. The number of carbonyl (C=O) groups is 2. The standard InChI is InChI=1S/C9H4Cl2O5.Li/c10-5-3(2-12)1-4-7(6(5)11)16-9(15-4)8(13)14;/h1-2,9H,(H,13,14);/q;+1/p-1. The van der Waals surface area contributed by atoms with E-state index in [-0.39, 0.29) is 46.0 Å². The summed E-state index contributed by atoms with van der Waals surface area (Å²) < 4.78 is 9.72. The summed E-state index contributed by atoms with van der Waals surface area (Å²) in [5.41, 5.74) is 0.0908. The maximum Gasteiger partial charge on any atom is 1.00 e. The first kappa shape index (κ1) is 14.2. The SMILES string of the molecule is O=Cc1cc2c(c(Cl)c1Cl)OC(C(=O)[O-])O2.[Li+]. The first-order valence-corrected chi connectivity index (χ1v) is 4.81. The van der Waals surface area contributed by atoms with Gasteiger partial charge in [-0.3, -0.25) is 4.79 Å². The average Bonchev–Trinajstić information content (AvgIpc) is 2.67. The number of benzene rings is 1. The number of carboxylic acid groups (broad SMARTS) is 1. The van der Waals surface area contributed by atoms with Crippen molar-refractivity contribution >= 4 is 35.5 Å². The third kappa shape index (κ3) is 2.38. The van der Waals surface area contributed by atoms with Crippen LogP contribution in [0.3, 0.4) is 0 Å². The zero-order valence-electron chi connectivity index (χ0n) is 8.53. The minimum absolute atomic E-state index is 0. The quantitative estimate of drug-likeness (QED) is 0.444. The first-order valence-electron chi connectivity index (χ1n) is 4.06. The van der Waals surface area contributed by atoms with E-state index in [4.69, 9.17) is 32.7 Å². The molecule has 1 aliphatic heterocycles. The number of hydrogen-bond donors (Lipinski definition) is 0. The number of carbonyl (C=O) groups excluding carboxylic acids is 2. The molecule has 0 saturated heterocycles. The minimum atomic E-state index is -1.58. The number of halogens is 2. The first-order chi connectivity index (χ1) is 7.54. The van der Waals surface area contributed by atoms with Crippen molar-refractivity contribution in [2.24, 2.45) is 0 Å². The second-order valence-corrected chi connectivity index (χ2v) is 3.68. The monoisotopic (exact) mass is 268 g/mol. The number of carboxylic acids is 1. The van der Waals surface area contributed by atoms with Gasteiger partial charge in [-0.25, -0.2) is 0 Å². The van der Waals surface area contributed by atoms with Gasteiger partial charge in [0, 0.05) is 5.56 Å². The second kappa shape index (κ2) is 5.19. The molecule has 0 aromatic heterocycles. The van der Waals surface area contributed by atoms with Gasteiger partial charge in [0.1, 0.15) is 11.0 Å². The van der Waals surface area contributed by atoms with Crippen LogP contribution in [0.15, 0.2) is 6.07 Å². The smallest absolute Gasteiger partial charge is 0.543 e. The van der Waals surface area contributed by atoms with Crippen LogP contribution in [0.1, 0.15) is 10.4 Å². The van der Waals surface area contributed by atoms with Gasteiger partial charge in [-0.2, -0.15) is 0 Å². The summed E-state index contributed by atoms with van der Waals surface area (Å²) in [6, 6.07) is 1.25. The fourth-order valence-electron chi connectivity index (χ4n) is 1.23. The predicted molar refractivity (Wildman–Crippen MR) is 51.9 cm³/mol. The topological polar surface area (TPSA) is 75.7 Å². The van der Waals surface area contributed by atoms with E-state index in [2.05, 4.69) is 0 Å². The molecule has 0 saturated carbocycles. The van der Waals surface area contributed by atoms with E-state index in [1.165, 1.54) is 6.07 Å². The summed E-state index contributed by atoms with van der Waals surface area (Å²) in [7, 11) is 0. The number of aliphatic carboxylic acids is 1. The summed E-state index contributed by atoms with van der Waals surface area (Å²) in [5, 5.41) is 10.4. The summed E-state index contributed by atoms with van der Waals surface area (Å²) in [5.74, 6) is -1.51. The fraction of sp³-hybridized carbons (Fsp3) is 0.111. The predicted octanol–water partition coefficient (Wildman–Crippen LogP) is -2.34. The zero-order chi connectivity index (χ0) is 11.9. The molecule has 1 atom stereocenters. The molecule has 0 aliphatic carbocycles. The Morgan fingerprint density at radius 1 is 1.35 bits per heavy atom. The number of rotatable bonds is 2. The molecule has 8 heteroatoms. The molecular weight excluding hydrogens is 266 g/mol. The van der Waals surface area contributed by atoms with E-state index in [1.807, 2.05) is 0 Å². The summed E-state index contributed by atoms with van der Waals surface area (Å²) in [6.07, 6.45) is -1.10. The van der Waals surface area contributed by atoms with Crippen LogP contribution >= 0.6 is 23.2 Å². The van der Waals surface area contributed by atoms with Crippen molar-refractivity contribution in [2.75, 3.05) is 0 Å². The summed E-state index contributed by atoms with van der Waals surface area (Å²) >= 11 is 11.5. The van der Waals surface area contributed by atoms with Gasteiger partial charge in [-0.1, -0.05) is 23.2 Å². The molecule has 1 heterocycles. The van der Waals surface area contributed by atoms with Gasteiger partial charge < -0.3 is 19.4 Å². The van der Waals surface area contributed by atoms with Crippen LogP contribution in [-0.2, 0) is 4.79 Å². The Hall–Kier alpha value is -0.863. The Morgan fingerprint density at radius 3 is 2.53 bits per heavy atom. The van der Waals surface area contributed by atoms with Crippen molar-refractivity contribution in [3.05, 3.63) is 21.7 Å². The number of fused-ring (bicyclic) bond motifs is 1. The maximum absolute atomic E-state index is 10.6. The van der Waals surface area contributed by atoms with E-state index < -0.39 is 12.3 Å². The van der Waals surface area contributed by atoms with Crippen molar-refractivity contribution in [1.29, 1.82) is 0 Å². The molecule has 2 rings (SSSR count). The largest absolute Gasteiger partial charge is 1.00 e. The summed E-state index contributed by atoms with van der Waals surface area (Å²) in [6.45, 7) is 0. The van der Waals surface area contributed by atoms with Crippen LogP contribution in [-0.4, -0.2) is 18.5 Å².